The van der Waals surface area contributed by atoms with Crippen LogP contribution in [0, 0.1) is 0 Å². The summed E-state index contributed by atoms with van der Waals surface area (Å²) in [6.07, 6.45) is 6.48. The molecule has 0 radical (unpaired) electrons. The molecule has 5 heteroatoms. The lowest BCUT2D eigenvalue weighted by Crippen LogP contribution is -2.49. The Kier molecular flexibility index (Phi) is 5.16. The van der Waals surface area contributed by atoms with E-state index in [0.717, 1.165) is 17.6 Å². The minimum atomic E-state index is -1.69. The van der Waals surface area contributed by atoms with Crippen molar-refractivity contribution in [2.75, 3.05) is 18.0 Å². The molecule has 1 fully saturated rings. The summed E-state index contributed by atoms with van der Waals surface area (Å²) in [6.45, 7) is 13.7. The first-order valence-electron chi connectivity index (χ1n) is 7.72. The molecule has 0 N–H and O–H groups in total. The van der Waals surface area contributed by atoms with E-state index < -0.39 is 8.32 Å². The van der Waals surface area contributed by atoms with Crippen LogP contribution in [0.5, 0.6) is 0 Å². The van der Waals surface area contributed by atoms with Gasteiger partial charge in [-0.2, -0.15) is 0 Å². The lowest BCUT2D eigenvalue weighted by Gasteiger charge is -2.42. The maximum absolute atomic E-state index is 6.59. The van der Waals surface area contributed by atoms with Crippen molar-refractivity contribution < 1.29 is 4.43 Å². The fourth-order valence-electron chi connectivity index (χ4n) is 2.44. The second kappa shape index (κ2) is 6.38. The Labute approximate surface area is 138 Å². The normalized spacial score (nSPS) is 20.7. The zero-order valence-electron chi connectivity index (χ0n) is 13.8. The van der Waals surface area contributed by atoms with E-state index >= 15 is 0 Å². The average molecular weight is 371 g/mol. The molecule has 0 spiro atoms. The Morgan fingerprint density at radius 1 is 1.33 bits per heavy atom. The third-order valence-electron chi connectivity index (χ3n) is 4.70. The van der Waals surface area contributed by atoms with Crippen molar-refractivity contribution in [3.8, 4) is 0 Å². The number of nitrogens with zero attached hydrogens (tertiary/aromatic N) is 2. The largest absolute Gasteiger partial charge is 0.412 e. The number of halogens is 1. The smallest absolute Gasteiger partial charge is 0.192 e. The predicted octanol–water partition coefficient (Wildman–Crippen LogP) is 4.83. The van der Waals surface area contributed by atoms with Crippen molar-refractivity contribution in [3.63, 3.8) is 0 Å². The van der Waals surface area contributed by atoms with Gasteiger partial charge in [0, 0.05) is 23.8 Å². The molecule has 1 aliphatic heterocycles. The van der Waals surface area contributed by atoms with Gasteiger partial charge in [-0.25, -0.2) is 0 Å². The van der Waals surface area contributed by atoms with E-state index in [4.69, 9.17) is 4.43 Å². The van der Waals surface area contributed by atoms with Crippen LogP contribution in [0.2, 0.25) is 18.1 Å². The Morgan fingerprint density at radius 2 is 2.05 bits per heavy atom. The Bertz CT molecular complexity index is 487. The zero-order valence-corrected chi connectivity index (χ0v) is 16.4. The monoisotopic (exact) mass is 370 g/mol. The van der Waals surface area contributed by atoms with Crippen molar-refractivity contribution in [3.05, 3.63) is 22.9 Å². The number of aromatic nitrogens is 1. The molecule has 1 aliphatic rings. The number of pyridine rings is 1. The van der Waals surface area contributed by atoms with Gasteiger partial charge in [-0.3, -0.25) is 4.98 Å². The van der Waals surface area contributed by atoms with Gasteiger partial charge in [-0.05, 0) is 53.0 Å². The molecule has 0 aromatic carbocycles. The Hall–Kier alpha value is -0.393. The fraction of sp³-hybridized carbons (Fsp3) is 0.688. The molecule has 0 unspecified atom stereocenters. The van der Waals surface area contributed by atoms with E-state index in [1.165, 1.54) is 18.5 Å². The molecule has 1 aromatic heterocycles. The quantitative estimate of drug-likeness (QED) is 0.712. The first-order chi connectivity index (χ1) is 9.69. The van der Waals surface area contributed by atoms with Gasteiger partial charge in [-0.1, -0.05) is 20.8 Å². The van der Waals surface area contributed by atoms with Gasteiger partial charge in [-0.15, -0.1) is 0 Å². The topological polar surface area (TPSA) is 25.4 Å². The van der Waals surface area contributed by atoms with Crippen LogP contribution in [0.4, 0.5) is 5.69 Å². The molecular formula is C16H27BrN2OSi. The highest BCUT2D eigenvalue weighted by atomic mass is 79.9. The molecule has 1 atom stereocenters. The summed E-state index contributed by atoms with van der Waals surface area (Å²) < 4.78 is 7.62. The zero-order chi connectivity index (χ0) is 15.7. The number of piperidine rings is 1. The minimum absolute atomic E-state index is 0.270. The third-order valence-corrected chi connectivity index (χ3v) is 9.67. The number of hydrogen-bond acceptors (Lipinski definition) is 3. The average Bonchev–Trinajstić information content (AvgIpc) is 2.37. The van der Waals surface area contributed by atoms with Crippen molar-refractivity contribution in [2.45, 2.75) is 57.8 Å². The molecule has 21 heavy (non-hydrogen) atoms. The van der Waals surface area contributed by atoms with Crippen molar-refractivity contribution in [1.29, 1.82) is 0 Å². The summed E-state index contributed by atoms with van der Waals surface area (Å²) in [7, 11) is -1.69. The predicted molar refractivity (Wildman–Crippen MR) is 95.5 cm³/mol. The summed E-state index contributed by atoms with van der Waals surface area (Å²) in [5.41, 5.74) is 1.19. The Morgan fingerprint density at radius 3 is 2.67 bits per heavy atom. The van der Waals surface area contributed by atoms with E-state index in [0.29, 0.717) is 6.10 Å². The fourth-order valence-corrected chi connectivity index (χ4v) is 4.17. The van der Waals surface area contributed by atoms with E-state index in [9.17, 15) is 0 Å². The van der Waals surface area contributed by atoms with Crippen LogP contribution >= 0.6 is 15.9 Å². The summed E-state index contributed by atoms with van der Waals surface area (Å²) in [6, 6.07) is 2.14. The van der Waals surface area contributed by atoms with Crippen LogP contribution in [0.3, 0.4) is 0 Å². The number of anilines is 1. The summed E-state index contributed by atoms with van der Waals surface area (Å²) in [4.78, 5) is 6.68. The lowest BCUT2D eigenvalue weighted by atomic mass is 10.1. The van der Waals surface area contributed by atoms with E-state index in [1.807, 2.05) is 12.4 Å². The van der Waals surface area contributed by atoms with Crippen LogP contribution in [-0.4, -0.2) is 32.5 Å². The molecule has 0 aliphatic carbocycles. The molecule has 2 rings (SSSR count). The summed E-state index contributed by atoms with van der Waals surface area (Å²) in [5.74, 6) is 0. The molecule has 0 bridgehead atoms. The highest BCUT2D eigenvalue weighted by Gasteiger charge is 2.39. The van der Waals surface area contributed by atoms with Crippen LogP contribution < -0.4 is 4.90 Å². The third kappa shape index (κ3) is 4.30. The molecule has 3 nitrogen and oxygen atoms in total. The number of hydrogen-bond donors (Lipinski definition) is 0. The second-order valence-electron chi connectivity index (χ2n) is 7.45. The van der Waals surface area contributed by atoms with Crippen LogP contribution in [0.25, 0.3) is 0 Å². The van der Waals surface area contributed by atoms with Gasteiger partial charge in [0.2, 0.25) is 0 Å². The summed E-state index contributed by atoms with van der Waals surface area (Å²) >= 11 is 3.51. The molecule has 0 amide bonds. The molecule has 118 valence electrons. The van der Waals surface area contributed by atoms with Crippen molar-refractivity contribution >= 4 is 29.9 Å². The van der Waals surface area contributed by atoms with Gasteiger partial charge in [0.25, 0.3) is 0 Å². The van der Waals surface area contributed by atoms with Crippen LogP contribution in [-0.2, 0) is 4.43 Å². The minimum Gasteiger partial charge on any atom is -0.412 e. The Balaban J connectivity index is 2.05. The lowest BCUT2D eigenvalue weighted by molar-refractivity contribution is 0.160. The summed E-state index contributed by atoms with van der Waals surface area (Å²) in [5, 5.41) is 0.270. The van der Waals surface area contributed by atoms with Gasteiger partial charge in [0.1, 0.15) is 0 Å². The van der Waals surface area contributed by atoms with Crippen LogP contribution in [0.1, 0.15) is 33.6 Å². The van der Waals surface area contributed by atoms with E-state index in [2.05, 4.69) is 65.7 Å². The maximum atomic E-state index is 6.59. The van der Waals surface area contributed by atoms with E-state index in [1.54, 1.807) is 0 Å². The molecule has 1 aromatic rings. The van der Waals surface area contributed by atoms with Gasteiger partial charge in [0.05, 0.1) is 18.0 Å². The van der Waals surface area contributed by atoms with Crippen LogP contribution in [0.15, 0.2) is 22.9 Å². The van der Waals surface area contributed by atoms with Crippen molar-refractivity contribution in [1.82, 2.24) is 4.98 Å². The van der Waals surface area contributed by atoms with Gasteiger partial charge < -0.3 is 9.33 Å². The first kappa shape index (κ1) is 17.0. The van der Waals surface area contributed by atoms with E-state index in [-0.39, 0.29) is 5.04 Å². The SMILES string of the molecule is CC(C)(C)[Si](C)(C)O[C@@H]1CCCN(c2cncc(Br)c2)C1. The maximum Gasteiger partial charge on any atom is 0.192 e. The van der Waals surface area contributed by atoms with Crippen molar-refractivity contribution in [2.24, 2.45) is 0 Å². The second-order valence-corrected chi connectivity index (χ2v) is 13.1. The molecule has 1 saturated heterocycles. The first-order valence-corrected chi connectivity index (χ1v) is 11.4. The standard InChI is InChI=1S/C16H27BrN2OSi/c1-16(2,3)21(4,5)20-15-7-6-8-19(12-15)14-9-13(17)10-18-11-14/h9-11,15H,6-8,12H2,1-5H3/t15-/m1/s1. The number of rotatable bonds is 3. The highest BCUT2D eigenvalue weighted by Crippen LogP contribution is 2.38. The molecular weight excluding hydrogens is 344 g/mol. The van der Waals surface area contributed by atoms with Gasteiger partial charge >= 0.3 is 0 Å². The van der Waals surface area contributed by atoms with Gasteiger partial charge in [0.15, 0.2) is 8.32 Å². The highest BCUT2D eigenvalue weighted by molar-refractivity contribution is 9.10. The molecule has 0 saturated carbocycles. The molecule has 2 heterocycles.